The van der Waals surface area contributed by atoms with E-state index in [4.69, 9.17) is 0 Å². The summed E-state index contributed by atoms with van der Waals surface area (Å²) in [5.74, 6) is 0.452. The second-order valence-corrected chi connectivity index (χ2v) is 7.31. The predicted molar refractivity (Wildman–Crippen MR) is 107 cm³/mol. The molecule has 2 heterocycles. The van der Waals surface area contributed by atoms with Crippen molar-refractivity contribution in [2.75, 3.05) is 36.4 Å². The lowest BCUT2D eigenvalue weighted by Gasteiger charge is -2.27. The van der Waals surface area contributed by atoms with Gasteiger partial charge < -0.3 is 10.2 Å². The summed E-state index contributed by atoms with van der Waals surface area (Å²) in [7, 11) is 0. The topological polar surface area (TPSA) is 48.5 Å². The van der Waals surface area contributed by atoms with E-state index in [-0.39, 0.29) is 11.9 Å². The van der Waals surface area contributed by atoms with E-state index in [1.165, 1.54) is 6.07 Å². The molecule has 5 nitrogen and oxygen atoms in total. The van der Waals surface area contributed by atoms with Gasteiger partial charge in [-0.25, -0.2) is 4.98 Å². The van der Waals surface area contributed by atoms with Gasteiger partial charge >= 0.3 is 6.18 Å². The molecule has 0 spiro atoms. The number of aromatic nitrogens is 1. The average molecular weight is 406 g/mol. The number of pyridine rings is 1. The van der Waals surface area contributed by atoms with E-state index in [2.05, 4.69) is 15.2 Å². The summed E-state index contributed by atoms with van der Waals surface area (Å²) in [6.45, 7) is 6.49. The van der Waals surface area contributed by atoms with Crippen molar-refractivity contribution in [3.8, 4) is 0 Å². The van der Waals surface area contributed by atoms with E-state index in [1.807, 2.05) is 43.0 Å². The molecule has 1 aromatic heterocycles. The van der Waals surface area contributed by atoms with E-state index in [9.17, 15) is 18.0 Å². The van der Waals surface area contributed by atoms with Crippen LogP contribution in [0.5, 0.6) is 0 Å². The predicted octanol–water partition coefficient (Wildman–Crippen LogP) is 3.95. The maximum Gasteiger partial charge on any atom is 0.417 e. The first-order valence-corrected chi connectivity index (χ1v) is 9.64. The van der Waals surface area contributed by atoms with Crippen LogP contribution in [-0.4, -0.2) is 48.0 Å². The molecular formula is C21H25F3N4O. The van der Waals surface area contributed by atoms with Gasteiger partial charge in [-0.15, -0.1) is 0 Å². The zero-order valence-electron chi connectivity index (χ0n) is 16.5. The van der Waals surface area contributed by atoms with Gasteiger partial charge in [0.25, 0.3) is 0 Å². The summed E-state index contributed by atoms with van der Waals surface area (Å²) < 4.78 is 38.2. The van der Waals surface area contributed by atoms with Gasteiger partial charge in [-0.05, 0) is 50.1 Å². The Balaban J connectivity index is 1.59. The number of benzene rings is 1. The Hall–Kier alpha value is -2.61. The van der Waals surface area contributed by atoms with Crippen LogP contribution < -0.4 is 10.2 Å². The van der Waals surface area contributed by atoms with Crippen molar-refractivity contribution in [1.29, 1.82) is 0 Å². The van der Waals surface area contributed by atoms with Gasteiger partial charge in [-0.2, -0.15) is 13.2 Å². The van der Waals surface area contributed by atoms with Crippen molar-refractivity contribution in [3.63, 3.8) is 0 Å². The van der Waals surface area contributed by atoms with Crippen molar-refractivity contribution >= 4 is 17.4 Å². The number of carbonyl (C=O) groups excluding carboxylic acids is 1. The SMILES string of the molecule is Cc1cccc(NC(=O)[C@H](C)N2CCCN(c3ccc(C(F)(F)F)cn3)CC2)c1. The second-order valence-electron chi connectivity index (χ2n) is 7.31. The Morgan fingerprint density at radius 1 is 1.14 bits per heavy atom. The van der Waals surface area contributed by atoms with Crippen molar-refractivity contribution in [2.24, 2.45) is 0 Å². The number of hydrogen-bond acceptors (Lipinski definition) is 4. The van der Waals surface area contributed by atoms with Crippen LogP contribution in [-0.2, 0) is 11.0 Å². The highest BCUT2D eigenvalue weighted by Crippen LogP contribution is 2.29. The van der Waals surface area contributed by atoms with Crippen molar-refractivity contribution in [1.82, 2.24) is 9.88 Å². The molecule has 1 fully saturated rings. The number of rotatable bonds is 4. The van der Waals surface area contributed by atoms with Gasteiger partial charge in [0, 0.05) is 38.1 Å². The molecule has 0 unspecified atom stereocenters. The van der Waals surface area contributed by atoms with Crippen molar-refractivity contribution in [3.05, 3.63) is 53.7 Å². The maximum atomic E-state index is 12.7. The highest BCUT2D eigenvalue weighted by molar-refractivity contribution is 5.94. The normalized spacial score (nSPS) is 16.9. The van der Waals surface area contributed by atoms with Crippen LogP contribution in [0.25, 0.3) is 0 Å². The number of alkyl halides is 3. The highest BCUT2D eigenvalue weighted by Gasteiger charge is 2.31. The number of anilines is 2. The Kier molecular flexibility index (Phi) is 6.42. The van der Waals surface area contributed by atoms with E-state index in [0.717, 1.165) is 36.5 Å². The van der Waals surface area contributed by atoms with Gasteiger partial charge in [-0.3, -0.25) is 9.69 Å². The summed E-state index contributed by atoms with van der Waals surface area (Å²) >= 11 is 0. The zero-order valence-corrected chi connectivity index (χ0v) is 16.5. The van der Waals surface area contributed by atoms with Gasteiger partial charge in [-0.1, -0.05) is 12.1 Å². The number of halogens is 3. The number of aryl methyl sites for hydroxylation is 1. The van der Waals surface area contributed by atoms with E-state index in [1.54, 1.807) is 0 Å². The third kappa shape index (κ3) is 5.47. The van der Waals surface area contributed by atoms with Crippen LogP contribution in [0.3, 0.4) is 0 Å². The smallest absolute Gasteiger partial charge is 0.355 e. The number of hydrogen-bond donors (Lipinski definition) is 1. The quantitative estimate of drug-likeness (QED) is 0.835. The largest absolute Gasteiger partial charge is 0.417 e. The van der Waals surface area contributed by atoms with Crippen LogP contribution in [0.1, 0.15) is 24.5 Å². The molecular weight excluding hydrogens is 381 g/mol. The molecule has 1 amide bonds. The lowest BCUT2D eigenvalue weighted by molar-refractivity contribution is -0.137. The van der Waals surface area contributed by atoms with Crippen molar-refractivity contribution < 1.29 is 18.0 Å². The molecule has 0 bridgehead atoms. The molecule has 29 heavy (non-hydrogen) atoms. The highest BCUT2D eigenvalue weighted by atomic mass is 19.4. The second kappa shape index (κ2) is 8.82. The zero-order chi connectivity index (χ0) is 21.0. The molecule has 1 atom stereocenters. The molecule has 1 aliphatic heterocycles. The summed E-state index contributed by atoms with van der Waals surface area (Å²) in [6.07, 6.45) is -2.72. The number of nitrogens with one attached hydrogen (secondary N) is 1. The number of carbonyl (C=O) groups is 1. The number of amides is 1. The molecule has 1 aromatic carbocycles. The van der Waals surface area contributed by atoms with E-state index in [0.29, 0.717) is 25.5 Å². The first-order valence-electron chi connectivity index (χ1n) is 9.64. The van der Waals surface area contributed by atoms with Crippen molar-refractivity contribution in [2.45, 2.75) is 32.5 Å². The Bertz CT molecular complexity index is 839. The molecule has 0 radical (unpaired) electrons. The van der Waals surface area contributed by atoms with Gasteiger partial charge in [0.15, 0.2) is 0 Å². The van der Waals surface area contributed by atoms with Crippen LogP contribution in [0.2, 0.25) is 0 Å². The standard InChI is InChI=1S/C21H25F3N4O/c1-15-5-3-6-18(13-15)26-20(29)16(2)27-9-4-10-28(12-11-27)19-8-7-17(14-25-19)21(22,23)24/h3,5-8,13-14,16H,4,9-12H2,1-2H3,(H,26,29)/t16-/m0/s1. The van der Waals surface area contributed by atoms with Gasteiger partial charge in [0.1, 0.15) is 5.82 Å². The average Bonchev–Trinajstić information content (AvgIpc) is 2.93. The van der Waals surface area contributed by atoms with E-state index >= 15 is 0 Å². The Morgan fingerprint density at radius 3 is 2.59 bits per heavy atom. The van der Waals surface area contributed by atoms with Crippen LogP contribution in [0, 0.1) is 6.92 Å². The fraction of sp³-hybridized carbons (Fsp3) is 0.429. The fourth-order valence-corrected chi connectivity index (χ4v) is 3.43. The molecule has 3 rings (SSSR count). The molecule has 1 N–H and O–H groups in total. The molecule has 1 saturated heterocycles. The maximum absolute atomic E-state index is 12.7. The van der Waals surface area contributed by atoms with Gasteiger partial charge in [0.2, 0.25) is 5.91 Å². The minimum absolute atomic E-state index is 0.0725. The molecule has 156 valence electrons. The Labute approximate surface area is 168 Å². The minimum atomic E-state index is -4.39. The molecule has 2 aromatic rings. The third-order valence-electron chi connectivity index (χ3n) is 5.14. The summed E-state index contributed by atoms with van der Waals surface area (Å²) in [5, 5.41) is 2.95. The number of nitrogens with zero attached hydrogens (tertiary/aromatic N) is 3. The molecule has 0 saturated carbocycles. The van der Waals surface area contributed by atoms with Crippen LogP contribution in [0.4, 0.5) is 24.7 Å². The first-order chi connectivity index (χ1) is 13.7. The molecule has 8 heteroatoms. The summed E-state index contributed by atoms with van der Waals surface area (Å²) in [4.78, 5) is 20.7. The monoisotopic (exact) mass is 406 g/mol. The lowest BCUT2D eigenvalue weighted by Crippen LogP contribution is -2.44. The lowest BCUT2D eigenvalue weighted by atomic mass is 10.2. The minimum Gasteiger partial charge on any atom is -0.355 e. The third-order valence-corrected chi connectivity index (χ3v) is 5.14. The van der Waals surface area contributed by atoms with Crippen LogP contribution in [0.15, 0.2) is 42.6 Å². The summed E-state index contributed by atoms with van der Waals surface area (Å²) in [5.41, 5.74) is 1.09. The summed E-state index contributed by atoms with van der Waals surface area (Å²) in [6, 6.07) is 9.81. The van der Waals surface area contributed by atoms with Gasteiger partial charge in [0.05, 0.1) is 11.6 Å². The van der Waals surface area contributed by atoms with Crippen LogP contribution >= 0.6 is 0 Å². The molecule has 0 aliphatic carbocycles. The fourth-order valence-electron chi connectivity index (χ4n) is 3.43. The Morgan fingerprint density at radius 2 is 1.93 bits per heavy atom. The first kappa shape index (κ1) is 21.1. The van der Waals surface area contributed by atoms with E-state index < -0.39 is 11.7 Å². The molecule has 1 aliphatic rings.